The second kappa shape index (κ2) is 8.52. The third-order valence-corrected chi connectivity index (χ3v) is 8.35. The van der Waals surface area contributed by atoms with Crippen molar-refractivity contribution < 1.29 is 17.6 Å². The van der Waals surface area contributed by atoms with Crippen molar-refractivity contribution in [3.8, 4) is 0 Å². The topological polar surface area (TPSA) is 88.5 Å². The van der Waals surface area contributed by atoms with Crippen LogP contribution < -0.4 is 10.2 Å². The fraction of sp³-hybridized carbons (Fsp3) is 0.333. The average Bonchev–Trinajstić information content (AvgIpc) is 3.07. The molecule has 1 aromatic heterocycles. The monoisotopic (exact) mass is 463 g/mol. The number of rotatable bonds is 5. The number of carbonyl (C=O) groups is 1. The molecule has 1 fully saturated rings. The van der Waals surface area contributed by atoms with Gasteiger partial charge in [-0.05, 0) is 56.2 Å². The summed E-state index contributed by atoms with van der Waals surface area (Å²) >= 11 is 1.03. The van der Waals surface area contributed by atoms with Gasteiger partial charge in [-0.1, -0.05) is 17.4 Å². The third-order valence-electron chi connectivity index (χ3n) is 5.51. The lowest BCUT2D eigenvalue weighted by molar-refractivity contribution is -0.120. The number of carbonyl (C=O) groups excluding carboxylic acids is 1. The van der Waals surface area contributed by atoms with Crippen LogP contribution in [0.3, 0.4) is 0 Å². The van der Waals surface area contributed by atoms with Crippen molar-refractivity contribution in [3.63, 3.8) is 0 Å². The molecule has 1 aliphatic heterocycles. The SMILES string of the molecule is CCn1c(=O)sc2cc(S(=O)(=O)N3CCC(C(=O)Nc4cccc(F)c4)CC3)ccc21. The van der Waals surface area contributed by atoms with Gasteiger partial charge in [0.05, 0.1) is 15.1 Å². The number of halogens is 1. The molecule has 0 atom stereocenters. The molecule has 1 saturated heterocycles. The van der Waals surface area contributed by atoms with Crippen LogP contribution in [0.25, 0.3) is 10.2 Å². The van der Waals surface area contributed by atoms with E-state index in [1.165, 1.54) is 28.6 Å². The summed E-state index contributed by atoms with van der Waals surface area (Å²) in [6.07, 6.45) is 0.754. The summed E-state index contributed by atoms with van der Waals surface area (Å²) < 4.78 is 43.1. The van der Waals surface area contributed by atoms with E-state index < -0.39 is 15.8 Å². The smallest absolute Gasteiger partial charge is 0.308 e. The molecule has 1 aliphatic rings. The van der Waals surface area contributed by atoms with E-state index in [2.05, 4.69) is 5.32 Å². The molecule has 10 heteroatoms. The zero-order valence-corrected chi connectivity index (χ0v) is 18.5. The Labute approximate surface area is 183 Å². The van der Waals surface area contributed by atoms with Crippen molar-refractivity contribution in [2.45, 2.75) is 31.2 Å². The third kappa shape index (κ3) is 4.28. The lowest BCUT2D eigenvalue weighted by Crippen LogP contribution is -2.41. The Bertz CT molecular complexity index is 1290. The minimum atomic E-state index is -3.73. The van der Waals surface area contributed by atoms with Gasteiger partial charge in [0.15, 0.2) is 0 Å². The van der Waals surface area contributed by atoms with Gasteiger partial charge in [-0.15, -0.1) is 0 Å². The van der Waals surface area contributed by atoms with Crippen LogP contribution in [0.2, 0.25) is 0 Å². The van der Waals surface area contributed by atoms with Gasteiger partial charge in [-0.2, -0.15) is 4.31 Å². The summed E-state index contributed by atoms with van der Waals surface area (Å²) in [5.41, 5.74) is 1.11. The first-order valence-electron chi connectivity index (χ1n) is 9.99. The maximum absolute atomic E-state index is 13.3. The highest BCUT2D eigenvalue weighted by atomic mass is 32.2. The Morgan fingerprint density at radius 1 is 1.19 bits per heavy atom. The van der Waals surface area contributed by atoms with Crippen LogP contribution in [0.15, 0.2) is 52.2 Å². The highest BCUT2D eigenvalue weighted by Gasteiger charge is 2.32. The Morgan fingerprint density at radius 3 is 2.61 bits per heavy atom. The van der Waals surface area contributed by atoms with Crippen molar-refractivity contribution >= 4 is 43.2 Å². The van der Waals surface area contributed by atoms with Crippen LogP contribution >= 0.6 is 11.3 Å². The molecule has 2 aromatic carbocycles. The van der Waals surface area contributed by atoms with Gasteiger partial charge in [-0.3, -0.25) is 14.2 Å². The minimum absolute atomic E-state index is 0.114. The maximum Gasteiger partial charge on any atom is 0.308 e. The largest absolute Gasteiger partial charge is 0.326 e. The number of fused-ring (bicyclic) bond motifs is 1. The van der Waals surface area contributed by atoms with Crippen molar-refractivity contribution in [1.82, 2.24) is 8.87 Å². The van der Waals surface area contributed by atoms with E-state index >= 15 is 0 Å². The number of piperidine rings is 1. The fourth-order valence-corrected chi connectivity index (χ4v) is 6.39. The van der Waals surface area contributed by atoms with E-state index in [0.717, 1.165) is 16.9 Å². The molecule has 1 N–H and O–H groups in total. The number of thiazole rings is 1. The van der Waals surface area contributed by atoms with E-state index in [1.807, 2.05) is 6.92 Å². The van der Waals surface area contributed by atoms with E-state index in [1.54, 1.807) is 22.8 Å². The summed E-state index contributed by atoms with van der Waals surface area (Å²) in [6, 6.07) is 10.4. The molecule has 0 spiro atoms. The van der Waals surface area contributed by atoms with Gasteiger partial charge >= 0.3 is 4.87 Å². The summed E-state index contributed by atoms with van der Waals surface area (Å²) in [4.78, 5) is 24.6. The van der Waals surface area contributed by atoms with Gasteiger partial charge in [0.1, 0.15) is 5.82 Å². The molecule has 1 amide bonds. The number of hydrogen-bond donors (Lipinski definition) is 1. The van der Waals surface area contributed by atoms with Crippen LogP contribution in [-0.2, 0) is 21.4 Å². The van der Waals surface area contributed by atoms with Gasteiger partial charge < -0.3 is 5.32 Å². The number of benzene rings is 2. The number of sulfonamides is 1. The molecule has 4 rings (SSSR count). The Kier molecular flexibility index (Phi) is 5.96. The first-order valence-corrected chi connectivity index (χ1v) is 12.2. The van der Waals surface area contributed by atoms with E-state index in [4.69, 9.17) is 0 Å². The lowest BCUT2D eigenvalue weighted by atomic mass is 9.97. The Morgan fingerprint density at radius 2 is 1.94 bits per heavy atom. The number of aryl methyl sites for hydroxylation is 1. The molecule has 0 unspecified atom stereocenters. The van der Waals surface area contributed by atoms with Gasteiger partial charge in [-0.25, -0.2) is 12.8 Å². The summed E-state index contributed by atoms with van der Waals surface area (Å²) in [5.74, 6) is -1.02. The van der Waals surface area contributed by atoms with Gasteiger partial charge in [0.2, 0.25) is 15.9 Å². The fourth-order valence-electron chi connectivity index (χ4n) is 3.82. The molecule has 164 valence electrons. The van der Waals surface area contributed by atoms with Crippen molar-refractivity contribution in [3.05, 3.63) is 57.9 Å². The lowest BCUT2D eigenvalue weighted by Gasteiger charge is -2.30. The normalized spacial score (nSPS) is 15.9. The predicted octanol–water partition coefficient (Wildman–Crippen LogP) is 3.26. The average molecular weight is 464 g/mol. The number of amides is 1. The Hall–Kier alpha value is -2.56. The highest BCUT2D eigenvalue weighted by Crippen LogP contribution is 2.28. The van der Waals surface area contributed by atoms with Crippen molar-refractivity contribution in [2.24, 2.45) is 5.92 Å². The van der Waals surface area contributed by atoms with Crippen LogP contribution in [0.5, 0.6) is 0 Å². The molecular weight excluding hydrogens is 441 g/mol. The standard InChI is InChI=1S/C21H22FN3O4S2/c1-2-25-18-7-6-17(13-19(18)30-21(25)27)31(28,29)24-10-8-14(9-11-24)20(26)23-16-5-3-4-15(22)12-16/h3-7,12-14H,2,8-11H2,1H3,(H,23,26). The molecule has 0 bridgehead atoms. The first-order chi connectivity index (χ1) is 14.8. The van der Waals surface area contributed by atoms with Crippen molar-refractivity contribution in [2.75, 3.05) is 18.4 Å². The van der Waals surface area contributed by atoms with Gasteiger partial charge in [0.25, 0.3) is 0 Å². The molecule has 2 heterocycles. The van der Waals surface area contributed by atoms with E-state index in [0.29, 0.717) is 29.8 Å². The van der Waals surface area contributed by atoms with Crippen molar-refractivity contribution in [1.29, 1.82) is 0 Å². The van der Waals surface area contributed by atoms with E-state index in [-0.39, 0.29) is 34.7 Å². The Balaban J connectivity index is 1.46. The molecule has 0 aliphatic carbocycles. The number of nitrogens with one attached hydrogen (secondary N) is 1. The number of aromatic nitrogens is 1. The van der Waals surface area contributed by atoms with Crippen LogP contribution in [0, 0.1) is 11.7 Å². The molecular formula is C21H22FN3O4S2. The summed E-state index contributed by atoms with van der Waals surface area (Å²) in [6.45, 7) is 2.82. The second-order valence-corrected chi connectivity index (χ2v) is 10.4. The molecule has 31 heavy (non-hydrogen) atoms. The number of nitrogens with zero attached hydrogens (tertiary/aromatic N) is 2. The summed E-state index contributed by atoms with van der Waals surface area (Å²) in [5, 5.41) is 2.69. The minimum Gasteiger partial charge on any atom is -0.326 e. The first kappa shape index (κ1) is 21.7. The molecule has 3 aromatic rings. The molecule has 7 nitrogen and oxygen atoms in total. The highest BCUT2D eigenvalue weighted by molar-refractivity contribution is 7.89. The van der Waals surface area contributed by atoms with Crippen LogP contribution in [0.4, 0.5) is 10.1 Å². The second-order valence-electron chi connectivity index (χ2n) is 7.42. The van der Waals surface area contributed by atoms with E-state index in [9.17, 15) is 22.4 Å². The maximum atomic E-state index is 13.3. The zero-order valence-electron chi connectivity index (χ0n) is 16.9. The number of hydrogen-bond acceptors (Lipinski definition) is 5. The number of anilines is 1. The zero-order chi connectivity index (χ0) is 22.2. The van der Waals surface area contributed by atoms with Crippen LogP contribution in [-0.4, -0.2) is 36.3 Å². The molecule has 0 radical (unpaired) electrons. The molecule has 0 saturated carbocycles. The summed E-state index contributed by atoms with van der Waals surface area (Å²) in [7, 11) is -3.73. The van der Waals surface area contributed by atoms with Gasteiger partial charge in [0, 0.05) is 31.2 Å². The predicted molar refractivity (Wildman–Crippen MR) is 118 cm³/mol. The quantitative estimate of drug-likeness (QED) is 0.629. The van der Waals surface area contributed by atoms with Crippen LogP contribution in [0.1, 0.15) is 19.8 Å².